The zero-order valence-electron chi connectivity index (χ0n) is 4.19. The van der Waals surface area contributed by atoms with Crippen molar-refractivity contribution in [1.82, 2.24) is 5.43 Å². The van der Waals surface area contributed by atoms with Gasteiger partial charge in [0.2, 0.25) is 0 Å². The highest BCUT2D eigenvalue weighted by atomic mass is 127. The summed E-state index contributed by atoms with van der Waals surface area (Å²) < 4.78 is 0.751. The van der Waals surface area contributed by atoms with Crippen LogP contribution in [0.15, 0.2) is 0 Å². The van der Waals surface area contributed by atoms with Gasteiger partial charge in [-0.2, -0.15) is 0 Å². The number of alkyl halides is 1. The molecule has 0 atom stereocenters. The number of hydrogen-bond donors (Lipinski definition) is 3. The minimum Gasteiger partial charge on any atom is -0.142 e. The predicted octanol–water partition coefficient (Wildman–Crippen LogP) is -0.922. The Morgan fingerprint density at radius 3 is 2.14 bits per heavy atom. The first kappa shape index (κ1) is 7.57. The highest BCUT2D eigenvalue weighted by Gasteiger charge is 2.03. The lowest BCUT2D eigenvalue weighted by atomic mass is 11.3. The highest BCUT2D eigenvalue weighted by Crippen LogP contribution is 1.75. The van der Waals surface area contributed by atoms with Gasteiger partial charge < -0.3 is 0 Å². The van der Waals surface area contributed by atoms with Crippen molar-refractivity contribution in [2.24, 2.45) is 11.7 Å². The number of quaternary nitrogens is 1. The summed E-state index contributed by atoms with van der Waals surface area (Å²) in [6, 6.07) is 0. The third-order valence-corrected chi connectivity index (χ3v) is 0.742. The molecule has 0 bridgehead atoms. The van der Waals surface area contributed by atoms with E-state index in [0.29, 0.717) is 0 Å². The van der Waals surface area contributed by atoms with E-state index in [4.69, 9.17) is 11.7 Å². The maximum Gasteiger partial charge on any atom is 0.124 e. The number of nitrogens with zero attached hydrogens (tertiary/aromatic N) is 1. The second-order valence-corrected chi connectivity index (χ2v) is 2.20. The third kappa shape index (κ3) is 6.57. The van der Waals surface area contributed by atoms with Crippen molar-refractivity contribution in [3.05, 3.63) is 0 Å². The monoisotopic (exact) mass is 217 g/mol. The summed E-state index contributed by atoms with van der Waals surface area (Å²) in [5, 5.41) is 0. The first-order valence-electron chi connectivity index (χ1n) is 1.81. The number of rotatable bonds is 2. The van der Waals surface area contributed by atoms with E-state index < -0.39 is 0 Å². The third-order valence-electron chi connectivity index (χ3n) is 0.400. The summed E-state index contributed by atoms with van der Waals surface area (Å²) in [5.41, 5.74) is 2.76. The molecule has 0 aliphatic rings. The van der Waals surface area contributed by atoms with Crippen LogP contribution in [0.2, 0.25) is 0 Å². The second-order valence-electron chi connectivity index (χ2n) is 1.44. The topological polar surface area (TPSA) is 64.1 Å². The van der Waals surface area contributed by atoms with Gasteiger partial charge in [0.1, 0.15) is 11.6 Å². The van der Waals surface area contributed by atoms with Crippen molar-refractivity contribution in [2.75, 3.05) is 11.6 Å². The Balaban J connectivity index is 3.15. The van der Waals surface area contributed by atoms with Gasteiger partial charge >= 0.3 is 0 Å². The van der Waals surface area contributed by atoms with Crippen molar-refractivity contribution < 1.29 is 4.81 Å². The molecule has 0 spiro atoms. The van der Waals surface area contributed by atoms with Crippen molar-refractivity contribution in [3.63, 3.8) is 0 Å². The Kier molecular flexibility index (Phi) is 3.00. The number of hydrogen-bond acceptors (Lipinski definition) is 3. The highest BCUT2D eigenvalue weighted by molar-refractivity contribution is 14.1. The van der Waals surface area contributed by atoms with Gasteiger partial charge in [0, 0.05) is 0 Å². The van der Waals surface area contributed by atoms with Crippen LogP contribution in [0, 0.1) is 0 Å². The van der Waals surface area contributed by atoms with E-state index in [-0.39, 0.29) is 4.81 Å². The van der Waals surface area contributed by atoms with E-state index in [1.54, 1.807) is 7.05 Å². The Hall–Kier alpha value is 0.570. The first-order valence-corrected chi connectivity index (χ1v) is 3.33. The van der Waals surface area contributed by atoms with Gasteiger partial charge in [-0.15, -0.1) is 21.9 Å². The molecule has 0 saturated heterocycles. The number of halogens is 1. The van der Waals surface area contributed by atoms with Crippen LogP contribution in [0.3, 0.4) is 0 Å². The normalized spacial score (nSPS) is 12.0. The molecule has 0 amide bonds. The number of nitrogens with two attached hydrogens (primary N) is 2. The van der Waals surface area contributed by atoms with Gasteiger partial charge in [0.25, 0.3) is 0 Å². The SMILES string of the molecule is C[N+](N)(N)NCI. The fourth-order valence-electron chi connectivity index (χ4n) is 0.129. The van der Waals surface area contributed by atoms with Crippen LogP contribution in [-0.4, -0.2) is 16.4 Å². The van der Waals surface area contributed by atoms with Crippen molar-refractivity contribution in [2.45, 2.75) is 0 Å². The van der Waals surface area contributed by atoms with Crippen LogP contribution in [-0.2, 0) is 0 Å². The van der Waals surface area contributed by atoms with Gasteiger partial charge in [-0.1, -0.05) is 22.6 Å². The molecule has 0 fully saturated rings. The minimum atomic E-state index is -0.164. The van der Waals surface area contributed by atoms with E-state index >= 15 is 0 Å². The molecule has 0 aromatic heterocycles. The maximum atomic E-state index is 5.25. The number of nitrogens with one attached hydrogen (secondary N) is 1. The van der Waals surface area contributed by atoms with Gasteiger partial charge in [0.15, 0.2) is 0 Å². The van der Waals surface area contributed by atoms with E-state index in [1.807, 2.05) is 0 Å². The Bertz CT molecular complexity index is 48.1. The molecule has 4 nitrogen and oxygen atoms in total. The largest absolute Gasteiger partial charge is 0.142 e. The maximum absolute atomic E-state index is 5.25. The smallest absolute Gasteiger partial charge is 0.124 e. The van der Waals surface area contributed by atoms with Crippen molar-refractivity contribution in [3.8, 4) is 0 Å². The summed E-state index contributed by atoms with van der Waals surface area (Å²) in [6.07, 6.45) is 0. The van der Waals surface area contributed by atoms with Gasteiger partial charge in [0.05, 0.1) is 0 Å². The van der Waals surface area contributed by atoms with Gasteiger partial charge in [-0.25, -0.2) is 0 Å². The van der Waals surface area contributed by atoms with Gasteiger partial charge in [-0.3, -0.25) is 0 Å². The molecule has 0 aromatic carbocycles. The average Bonchev–Trinajstić information content (AvgIpc) is 1.30. The average molecular weight is 217 g/mol. The van der Waals surface area contributed by atoms with Gasteiger partial charge in [-0.05, 0) is 0 Å². The van der Waals surface area contributed by atoms with Crippen molar-refractivity contribution in [1.29, 1.82) is 0 Å². The Labute approximate surface area is 56.5 Å². The Morgan fingerprint density at radius 2 is 2.14 bits per heavy atom. The van der Waals surface area contributed by atoms with E-state index in [2.05, 4.69) is 28.0 Å². The molecule has 7 heavy (non-hydrogen) atoms. The molecule has 5 N–H and O–H groups in total. The summed E-state index contributed by atoms with van der Waals surface area (Å²) in [4.78, 5) is -0.164. The first-order chi connectivity index (χ1) is 3.06. The molecule has 0 aliphatic carbocycles. The van der Waals surface area contributed by atoms with Crippen LogP contribution in [0.4, 0.5) is 0 Å². The van der Waals surface area contributed by atoms with Crippen LogP contribution < -0.4 is 17.1 Å². The fourth-order valence-corrected chi connectivity index (χ4v) is 0.864. The molecule has 5 heteroatoms. The molecule has 0 radical (unpaired) electrons. The molecule has 0 heterocycles. The fraction of sp³-hybridized carbons (Fsp3) is 1.00. The Morgan fingerprint density at radius 1 is 1.71 bits per heavy atom. The zero-order chi connectivity index (χ0) is 5.91. The standard InChI is InChI=1S/C2H10IN4/c1-7(4,5)6-2-3/h6H,2,4-5H2,1H3/q+1. The zero-order valence-corrected chi connectivity index (χ0v) is 6.34. The molecule has 0 saturated carbocycles. The molecule has 44 valence electrons. The van der Waals surface area contributed by atoms with Crippen molar-refractivity contribution >= 4 is 22.6 Å². The quantitative estimate of drug-likeness (QED) is 0.140. The van der Waals surface area contributed by atoms with E-state index in [0.717, 1.165) is 4.55 Å². The summed E-state index contributed by atoms with van der Waals surface area (Å²) in [6.45, 7) is 0. The van der Waals surface area contributed by atoms with E-state index in [9.17, 15) is 0 Å². The minimum absolute atomic E-state index is 0.164. The second kappa shape index (κ2) is 2.78. The summed E-state index contributed by atoms with van der Waals surface area (Å²) in [5.74, 6) is 10.5. The molecule has 0 aromatic rings. The molecular weight excluding hydrogens is 207 g/mol. The lowest BCUT2D eigenvalue weighted by molar-refractivity contribution is -0.973. The van der Waals surface area contributed by atoms with Crippen LogP contribution in [0.1, 0.15) is 0 Å². The summed E-state index contributed by atoms with van der Waals surface area (Å²) in [7, 11) is 1.65. The lowest BCUT2D eigenvalue weighted by Crippen LogP contribution is -2.65. The van der Waals surface area contributed by atoms with Crippen LogP contribution in [0.5, 0.6) is 0 Å². The molecular formula is C2H10IN4+. The molecule has 0 unspecified atom stereocenters. The molecule has 0 aliphatic heterocycles. The van der Waals surface area contributed by atoms with Crippen LogP contribution >= 0.6 is 22.6 Å². The van der Waals surface area contributed by atoms with Crippen LogP contribution in [0.25, 0.3) is 0 Å². The summed E-state index contributed by atoms with van der Waals surface area (Å²) >= 11 is 2.13. The lowest BCUT2D eigenvalue weighted by Gasteiger charge is -2.18. The van der Waals surface area contributed by atoms with E-state index in [1.165, 1.54) is 0 Å². The molecule has 0 rings (SSSR count). The predicted molar refractivity (Wildman–Crippen MR) is 36.6 cm³/mol.